The van der Waals surface area contributed by atoms with E-state index in [1.54, 1.807) is 18.5 Å². The Kier molecular flexibility index (Phi) is 4.45. The lowest BCUT2D eigenvalue weighted by atomic mass is 9.66. The van der Waals surface area contributed by atoms with Crippen LogP contribution in [-0.4, -0.2) is 58.0 Å². The minimum Gasteiger partial charge on any atom is -0.372 e. The molecule has 3 aliphatic heterocycles. The highest BCUT2D eigenvalue weighted by Gasteiger charge is 2.63. The molecule has 2 N–H and O–H groups in total. The number of anilines is 1. The number of imide groups is 2. The second-order valence-corrected chi connectivity index (χ2v) is 9.25. The maximum atomic E-state index is 13.3. The van der Waals surface area contributed by atoms with E-state index in [2.05, 4.69) is 26.0 Å². The van der Waals surface area contributed by atoms with Crippen LogP contribution in [0.2, 0.25) is 5.02 Å². The fourth-order valence-electron chi connectivity index (χ4n) is 5.59. The smallest absolute Gasteiger partial charge is 0.328 e. The minimum atomic E-state index is -1.59. The third-order valence-corrected chi connectivity index (χ3v) is 7.17. The standard InChI is InChI=1S/C22H19ClN6O5/c1-9-8-29-16-12(5-13-15(11-3-4-24-25-7-11)28-34-17(13)14(16)23)6-22(18(29)10(2)33-9)19(30)26-21(32)27-20(22)31/h3-5,7,9-10,18H,6,8H2,1-2H3,(H2,26,27,30,31,32)/t9-,10+,18-/m0/s1. The third kappa shape index (κ3) is 2.74. The average Bonchev–Trinajstić information content (AvgIpc) is 3.21. The molecule has 4 amide bonds. The molecule has 1 spiro atoms. The van der Waals surface area contributed by atoms with Crippen molar-refractivity contribution in [1.29, 1.82) is 0 Å². The van der Waals surface area contributed by atoms with Gasteiger partial charge >= 0.3 is 6.03 Å². The van der Waals surface area contributed by atoms with Gasteiger partial charge in [-0.1, -0.05) is 16.8 Å². The lowest BCUT2D eigenvalue weighted by Gasteiger charge is -2.55. The third-order valence-electron chi connectivity index (χ3n) is 6.82. The molecule has 2 aromatic heterocycles. The van der Waals surface area contributed by atoms with Gasteiger partial charge in [0.25, 0.3) is 0 Å². The summed E-state index contributed by atoms with van der Waals surface area (Å²) < 4.78 is 11.7. The zero-order valence-electron chi connectivity index (χ0n) is 18.2. The van der Waals surface area contributed by atoms with Crippen LogP contribution in [0.1, 0.15) is 19.4 Å². The van der Waals surface area contributed by atoms with E-state index in [9.17, 15) is 14.4 Å². The zero-order valence-corrected chi connectivity index (χ0v) is 18.9. The van der Waals surface area contributed by atoms with Crippen molar-refractivity contribution in [2.45, 2.75) is 38.5 Å². The van der Waals surface area contributed by atoms with Crippen molar-refractivity contribution >= 4 is 46.1 Å². The van der Waals surface area contributed by atoms with Gasteiger partial charge in [-0.3, -0.25) is 20.2 Å². The van der Waals surface area contributed by atoms with Gasteiger partial charge in [-0.25, -0.2) is 4.79 Å². The molecule has 11 nitrogen and oxygen atoms in total. The molecule has 1 aromatic carbocycles. The van der Waals surface area contributed by atoms with E-state index in [0.29, 0.717) is 45.0 Å². The second-order valence-electron chi connectivity index (χ2n) is 8.87. The predicted octanol–water partition coefficient (Wildman–Crippen LogP) is 1.83. The number of urea groups is 1. The van der Waals surface area contributed by atoms with Gasteiger partial charge in [0.15, 0.2) is 11.0 Å². The number of benzene rings is 1. The lowest BCUT2D eigenvalue weighted by Crippen LogP contribution is -2.75. The molecule has 2 saturated heterocycles. The number of halogens is 1. The first kappa shape index (κ1) is 21.0. The highest BCUT2D eigenvalue weighted by Crippen LogP contribution is 2.51. The number of carbonyl (C=O) groups is 3. The number of hydrogen-bond donors (Lipinski definition) is 2. The summed E-state index contributed by atoms with van der Waals surface area (Å²) in [4.78, 5) is 40.5. The summed E-state index contributed by atoms with van der Waals surface area (Å²) in [5.74, 6) is -1.32. The first-order valence-electron chi connectivity index (χ1n) is 10.8. The highest BCUT2D eigenvalue weighted by molar-refractivity contribution is 6.38. The lowest BCUT2D eigenvalue weighted by molar-refractivity contribution is -0.153. The number of nitrogens with zero attached hydrogens (tertiary/aromatic N) is 4. The van der Waals surface area contributed by atoms with Crippen LogP contribution < -0.4 is 15.5 Å². The number of aromatic nitrogens is 3. The number of barbiturate groups is 1. The topological polar surface area (TPSA) is 140 Å². The van der Waals surface area contributed by atoms with Crippen molar-refractivity contribution in [3.05, 3.63) is 35.1 Å². The molecule has 0 saturated carbocycles. The van der Waals surface area contributed by atoms with Crippen LogP contribution in [0.15, 0.2) is 29.0 Å². The highest BCUT2D eigenvalue weighted by atomic mass is 35.5. The zero-order chi connectivity index (χ0) is 23.8. The SMILES string of the molecule is C[C@H]1CN2c3c(cc4c(-c5ccnnc5)noc4c3Cl)CC3(C(=O)NC(=O)NC3=O)[C@@H]2[C@@H](C)O1. The summed E-state index contributed by atoms with van der Waals surface area (Å²) in [5.41, 5.74) is 1.33. The van der Waals surface area contributed by atoms with Crippen LogP contribution in [0.25, 0.3) is 22.2 Å². The van der Waals surface area contributed by atoms with Gasteiger partial charge in [-0.15, -0.1) is 0 Å². The number of carbonyl (C=O) groups excluding carboxylic acids is 3. The monoisotopic (exact) mass is 482 g/mol. The van der Waals surface area contributed by atoms with Crippen molar-refractivity contribution in [3.8, 4) is 11.3 Å². The normalized spacial score (nSPS) is 25.7. The van der Waals surface area contributed by atoms with Gasteiger partial charge in [0.2, 0.25) is 11.8 Å². The fourth-order valence-corrected chi connectivity index (χ4v) is 5.95. The molecule has 3 atom stereocenters. The molecule has 12 heteroatoms. The molecule has 5 heterocycles. The Hall–Kier alpha value is -3.57. The molecular weight excluding hydrogens is 464 g/mol. The average molecular weight is 483 g/mol. The molecule has 34 heavy (non-hydrogen) atoms. The predicted molar refractivity (Wildman–Crippen MR) is 119 cm³/mol. The number of fused-ring (bicyclic) bond motifs is 5. The summed E-state index contributed by atoms with van der Waals surface area (Å²) >= 11 is 6.90. The van der Waals surface area contributed by atoms with Crippen LogP contribution in [0.4, 0.5) is 10.5 Å². The van der Waals surface area contributed by atoms with E-state index in [0.717, 1.165) is 0 Å². The van der Waals surface area contributed by atoms with Crippen molar-refractivity contribution in [1.82, 2.24) is 26.0 Å². The van der Waals surface area contributed by atoms with Crippen molar-refractivity contribution in [3.63, 3.8) is 0 Å². The molecule has 6 rings (SSSR count). The van der Waals surface area contributed by atoms with Crippen LogP contribution in [0, 0.1) is 5.41 Å². The van der Waals surface area contributed by atoms with Gasteiger partial charge in [0, 0.05) is 12.1 Å². The number of rotatable bonds is 1. The molecule has 3 aromatic rings. The van der Waals surface area contributed by atoms with Gasteiger partial charge < -0.3 is 14.2 Å². The van der Waals surface area contributed by atoms with Crippen molar-refractivity contribution in [2.75, 3.05) is 11.4 Å². The molecule has 0 unspecified atom stereocenters. The Morgan fingerprint density at radius 1 is 1.18 bits per heavy atom. The van der Waals surface area contributed by atoms with E-state index in [-0.39, 0.29) is 12.5 Å². The first-order chi connectivity index (χ1) is 16.3. The summed E-state index contributed by atoms with van der Waals surface area (Å²) in [6.07, 6.45) is 2.43. The Morgan fingerprint density at radius 3 is 2.65 bits per heavy atom. The van der Waals surface area contributed by atoms with E-state index in [1.165, 1.54) is 0 Å². The van der Waals surface area contributed by atoms with Crippen LogP contribution >= 0.6 is 11.6 Å². The number of nitrogens with one attached hydrogen (secondary N) is 2. The Balaban J connectivity index is 1.61. The van der Waals surface area contributed by atoms with E-state index in [1.807, 2.05) is 24.8 Å². The van der Waals surface area contributed by atoms with Gasteiger partial charge in [-0.2, -0.15) is 10.2 Å². The van der Waals surface area contributed by atoms with Crippen molar-refractivity contribution in [2.24, 2.45) is 5.41 Å². The molecular formula is C22H19ClN6O5. The number of morpholine rings is 1. The Bertz CT molecular complexity index is 1360. The second kappa shape index (κ2) is 7.21. The summed E-state index contributed by atoms with van der Waals surface area (Å²) in [7, 11) is 0. The summed E-state index contributed by atoms with van der Waals surface area (Å²) in [5, 5.41) is 17.4. The Morgan fingerprint density at radius 2 is 1.94 bits per heavy atom. The molecule has 0 bridgehead atoms. The molecule has 3 aliphatic rings. The molecule has 0 radical (unpaired) electrons. The van der Waals surface area contributed by atoms with Gasteiger partial charge in [0.05, 0.1) is 41.7 Å². The molecule has 174 valence electrons. The van der Waals surface area contributed by atoms with Crippen molar-refractivity contribution < 1.29 is 23.6 Å². The van der Waals surface area contributed by atoms with Crippen LogP contribution in [-0.2, 0) is 20.7 Å². The van der Waals surface area contributed by atoms with Crippen LogP contribution in [0.5, 0.6) is 0 Å². The van der Waals surface area contributed by atoms with Gasteiger partial charge in [-0.05, 0) is 38.0 Å². The first-order valence-corrected chi connectivity index (χ1v) is 11.2. The quantitative estimate of drug-likeness (QED) is 0.497. The fraction of sp³-hybridized carbons (Fsp3) is 0.364. The number of ether oxygens (including phenoxy) is 1. The molecule has 0 aliphatic carbocycles. The van der Waals surface area contributed by atoms with E-state index >= 15 is 0 Å². The van der Waals surface area contributed by atoms with E-state index in [4.69, 9.17) is 20.9 Å². The molecule has 2 fully saturated rings. The summed E-state index contributed by atoms with van der Waals surface area (Å²) in [6.45, 7) is 4.11. The maximum absolute atomic E-state index is 13.3. The van der Waals surface area contributed by atoms with Crippen LogP contribution in [0.3, 0.4) is 0 Å². The summed E-state index contributed by atoms with van der Waals surface area (Å²) in [6, 6.07) is 2.05. The number of amides is 4. The van der Waals surface area contributed by atoms with E-state index < -0.39 is 35.4 Å². The minimum absolute atomic E-state index is 0.0192. The Labute approximate surface area is 197 Å². The largest absolute Gasteiger partial charge is 0.372 e. The van der Waals surface area contributed by atoms with Gasteiger partial charge in [0.1, 0.15) is 10.7 Å². The number of hydrogen-bond acceptors (Lipinski definition) is 9. The maximum Gasteiger partial charge on any atom is 0.328 e.